The summed E-state index contributed by atoms with van der Waals surface area (Å²) >= 11 is 13.2. The molecule has 1 aliphatic rings. The van der Waals surface area contributed by atoms with Crippen LogP contribution < -0.4 is 5.69 Å². The molecule has 0 bridgehead atoms. The van der Waals surface area contributed by atoms with E-state index in [2.05, 4.69) is 16.0 Å². The molecule has 0 saturated heterocycles. The standard InChI is InChI=1S/C17H12ClN3OS2/c1-21-7-12(16(23)20-17(21)22)14-11-4-3-10(18)6-9(11)2-5-13-15(14)19-8-24-13/h2-8,14H,1H3,(H,20,22,23). The third-order valence-corrected chi connectivity index (χ3v) is 5.50. The fraction of sp³-hybridized carbons (Fsp3) is 0.118. The van der Waals surface area contributed by atoms with E-state index in [1.807, 2.05) is 29.8 Å². The first-order chi connectivity index (χ1) is 11.5. The number of benzene rings is 1. The molecule has 120 valence electrons. The molecule has 0 saturated carbocycles. The molecule has 0 amide bonds. The van der Waals surface area contributed by atoms with Crippen molar-refractivity contribution in [3.63, 3.8) is 0 Å². The zero-order chi connectivity index (χ0) is 16.8. The van der Waals surface area contributed by atoms with Crippen molar-refractivity contribution in [3.05, 3.63) is 77.3 Å². The molecule has 1 unspecified atom stereocenters. The van der Waals surface area contributed by atoms with E-state index in [9.17, 15) is 4.79 Å². The molecular formula is C17H12ClN3OS2. The van der Waals surface area contributed by atoms with E-state index in [0.717, 1.165) is 27.3 Å². The first kappa shape index (κ1) is 15.5. The molecule has 4 nitrogen and oxygen atoms in total. The number of aromatic nitrogens is 3. The van der Waals surface area contributed by atoms with Crippen LogP contribution in [0.4, 0.5) is 0 Å². The Kier molecular flexibility index (Phi) is 3.75. The van der Waals surface area contributed by atoms with Crippen LogP contribution in [0, 0.1) is 4.64 Å². The van der Waals surface area contributed by atoms with Gasteiger partial charge in [-0.2, -0.15) is 0 Å². The lowest BCUT2D eigenvalue weighted by Gasteiger charge is -2.19. The van der Waals surface area contributed by atoms with Crippen molar-refractivity contribution < 1.29 is 0 Å². The number of hydrogen-bond acceptors (Lipinski definition) is 4. The minimum Gasteiger partial charge on any atom is -0.304 e. The highest BCUT2D eigenvalue weighted by molar-refractivity contribution is 7.71. The summed E-state index contributed by atoms with van der Waals surface area (Å²) in [6.07, 6.45) is 5.89. The van der Waals surface area contributed by atoms with Gasteiger partial charge in [0.1, 0.15) is 4.64 Å². The van der Waals surface area contributed by atoms with E-state index in [-0.39, 0.29) is 11.6 Å². The Hall–Kier alpha value is -2.02. The summed E-state index contributed by atoms with van der Waals surface area (Å²) in [6.45, 7) is 0. The average molecular weight is 374 g/mol. The summed E-state index contributed by atoms with van der Waals surface area (Å²) in [5, 5.41) is 0.681. The van der Waals surface area contributed by atoms with Crippen LogP contribution in [0.2, 0.25) is 5.02 Å². The second kappa shape index (κ2) is 5.81. The Morgan fingerprint density at radius 1 is 1.33 bits per heavy atom. The van der Waals surface area contributed by atoms with Crippen LogP contribution in [-0.2, 0) is 7.05 Å². The molecule has 24 heavy (non-hydrogen) atoms. The van der Waals surface area contributed by atoms with E-state index >= 15 is 0 Å². The Bertz CT molecular complexity index is 1090. The fourth-order valence-corrected chi connectivity index (χ4v) is 4.13. The van der Waals surface area contributed by atoms with Crippen molar-refractivity contribution in [2.75, 3.05) is 0 Å². The van der Waals surface area contributed by atoms with Gasteiger partial charge in [0.2, 0.25) is 0 Å². The maximum atomic E-state index is 11.8. The highest BCUT2D eigenvalue weighted by Gasteiger charge is 2.27. The molecule has 0 aliphatic heterocycles. The number of aryl methyl sites for hydroxylation is 1. The van der Waals surface area contributed by atoms with E-state index in [1.165, 1.54) is 4.57 Å². The van der Waals surface area contributed by atoms with Gasteiger partial charge in [-0.05, 0) is 29.3 Å². The molecule has 2 aromatic heterocycles. The highest BCUT2D eigenvalue weighted by Crippen LogP contribution is 2.40. The molecule has 1 atom stereocenters. The van der Waals surface area contributed by atoms with Crippen molar-refractivity contribution in [3.8, 4) is 0 Å². The number of H-pyrrole nitrogens is 1. The van der Waals surface area contributed by atoms with Gasteiger partial charge in [0.25, 0.3) is 0 Å². The number of fused-ring (bicyclic) bond motifs is 2. The summed E-state index contributed by atoms with van der Waals surface area (Å²) in [5.41, 5.74) is 5.49. The number of rotatable bonds is 1. The first-order valence-electron chi connectivity index (χ1n) is 7.25. The van der Waals surface area contributed by atoms with E-state index in [1.54, 1.807) is 24.6 Å². The second-order valence-electron chi connectivity index (χ2n) is 5.60. The van der Waals surface area contributed by atoms with E-state index in [0.29, 0.717) is 9.66 Å². The number of nitrogens with one attached hydrogen (secondary N) is 1. The third-order valence-electron chi connectivity index (χ3n) is 4.12. The summed E-state index contributed by atoms with van der Waals surface area (Å²) in [7, 11) is 1.71. The molecule has 1 N–H and O–H groups in total. The minimum absolute atomic E-state index is 0.149. The molecule has 0 spiro atoms. The van der Waals surface area contributed by atoms with Crippen LogP contribution in [-0.4, -0.2) is 14.5 Å². The predicted octanol–water partition coefficient (Wildman–Crippen LogP) is 4.22. The van der Waals surface area contributed by atoms with Crippen molar-refractivity contribution in [2.45, 2.75) is 5.92 Å². The van der Waals surface area contributed by atoms with Gasteiger partial charge in [-0.15, -0.1) is 11.3 Å². The van der Waals surface area contributed by atoms with Gasteiger partial charge < -0.3 is 4.57 Å². The molecule has 0 radical (unpaired) electrons. The smallest absolute Gasteiger partial charge is 0.304 e. The minimum atomic E-state index is -0.231. The lowest BCUT2D eigenvalue weighted by Crippen LogP contribution is -2.22. The highest BCUT2D eigenvalue weighted by atomic mass is 35.5. The van der Waals surface area contributed by atoms with Gasteiger partial charge in [-0.3, -0.25) is 4.98 Å². The molecule has 0 fully saturated rings. The van der Waals surface area contributed by atoms with Crippen molar-refractivity contribution in [2.24, 2.45) is 7.05 Å². The lowest BCUT2D eigenvalue weighted by atomic mass is 9.88. The zero-order valence-electron chi connectivity index (χ0n) is 12.6. The average Bonchev–Trinajstić information content (AvgIpc) is 2.95. The molecule has 4 rings (SSSR count). The maximum absolute atomic E-state index is 11.8. The molecule has 3 aromatic rings. The third kappa shape index (κ3) is 2.47. The fourth-order valence-electron chi connectivity index (χ4n) is 2.97. The Morgan fingerprint density at radius 3 is 3.00 bits per heavy atom. The molecule has 1 aliphatic carbocycles. The number of nitrogens with zero attached hydrogens (tertiary/aromatic N) is 2. The summed E-state index contributed by atoms with van der Waals surface area (Å²) in [6, 6.07) is 5.81. The SMILES string of the molecule is Cn1cc(C2c3ccc(Cl)cc3C=Cc3scnc32)c(=S)[nH]c1=O. The van der Waals surface area contributed by atoms with Gasteiger partial charge in [0, 0.05) is 23.8 Å². The summed E-state index contributed by atoms with van der Waals surface area (Å²) < 4.78 is 1.94. The molecule has 1 aromatic carbocycles. The largest absolute Gasteiger partial charge is 0.326 e. The van der Waals surface area contributed by atoms with Gasteiger partial charge in [-0.1, -0.05) is 36.0 Å². The number of aromatic amines is 1. The number of halogens is 1. The van der Waals surface area contributed by atoms with E-state index < -0.39 is 0 Å². The lowest BCUT2D eigenvalue weighted by molar-refractivity contribution is 0.770. The Labute approximate surface area is 152 Å². The van der Waals surface area contributed by atoms with Gasteiger partial charge in [0.05, 0.1) is 22.0 Å². The van der Waals surface area contributed by atoms with Crippen LogP contribution in [0.15, 0.2) is 34.7 Å². The van der Waals surface area contributed by atoms with Crippen LogP contribution in [0.1, 0.15) is 33.2 Å². The van der Waals surface area contributed by atoms with Gasteiger partial charge >= 0.3 is 5.69 Å². The second-order valence-corrected chi connectivity index (χ2v) is 7.33. The number of thiazole rings is 1. The predicted molar refractivity (Wildman–Crippen MR) is 100 cm³/mol. The topological polar surface area (TPSA) is 50.7 Å². The van der Waals surface area contributed by atoms with Crippen LogP contribution >= 0.6 is 35.2 Å². The summed E-state index contributed by atoms with van der Waals surface area (Å²) in [4.78, 5) is 20.2. The summed E-state index contributed by atoms with van der Waals surface area (Å²) in [5.74, 6) is -0.149. The first-order valence-corrected chi connectivity index (χ1v) is 8.92. The Balaban J connectivity index is 2.06. The zero-order valence-corrected chi connectivity index (χ0v) is 15.0. The van der Waals surface area contributed by atoms with Gasteiger partial charge in [-0.25, -0.2) is 9.78 Å². The monoisotopic (exact) mass is 373 g/mol. The quantitative estimate of drug-likeness (QED) is 0.508. The maximum Gasteiger partial charge on any atom is 0.326 e. The van der Waals surface area contributed by atoms with Crippen LogP contribution in [0.5, 0.6) is 0 Å². The van der Waals surface area contributed by atoms with Crippen molar-refractivity contribution in [1.82, 2.24) is 14.5 Å². The van der Waals surface area contributed by atoms with E-state index in [4.69, 9.17) is 23.8 Å². The van der Waals surface area contributed by atoms with Gasteiger partial charge in [0.15, 0.2) is 0 Å². The normalized spacial score (nSPS) is 15.7. The Morgan fingerprint density at radius 2 is 2.17 bits per heavy atom. The molecule has 7 heteroatoms. The van der Waals surface area contributed by atoms with Crippen LogP contribution in [0.25, 0.3) is 12.2 Å². The number of hydrogen-bond donors (Lipinski definition) is 1. The molecule has 2 heterocycles. The van der Waals surface area contributed by atoms with Crippen molar-refractivity contribution in [1.29, 1.82) is 0 Å². The van der Waals surface area contributed by atoms with Crippen molar-refractivity contribution >= 4 is 47.3 Å². The molecular weight excluding hydrogens is 362 g/mol. The van der Waals surface area contributed by atoms with Crippen LogP contribution in [0.3, 0.4) is 0 Å².